The zero-order valence-corrected chi connectivity index (χ0v) is 6.84. The van der Waals surface area contributed by atoms with Gasteiger partial charge in [-0.2, -0.15) is 0 Å². The van der Waals surface area contributed by atoms with Gasteiger partial charge in [0.15, 0.2) is 0 Å². The lowest BCUT2D eigenvalue weighted by molar-refractivity contribution is 0.0698. The SMILES string of the molecule is Cl.Nc1ccc(C(=O)O)c(N)n1. The lowest BCUT2D eigenvalue weighted by Gasteiger charge is -1.98. The Kier molecular flexibility index (Phi) is 3.30. The molecule has 6 heteroatoms. The minimum Gasteiger partial charge on any atom is -0.478 e. The Morgan fingerprint density at radius 1 is 1.42 bits per heavy atom. The van der Waals surface area contributed by atoms with E-state index in [1.807, 2.05) is 0 Å². The molecule has 0 saturated carbocycles. The summed E-state index contributed by atoms with van der Waals surface area (Å²) in [5, 5.41) is 8.50. The molecule has 5 nitrogen and oxygen atoms in total. The van der Waals surface area contributed by atoms with Crippen molar-refractivity contribution >= 4 is 30.0 Å². The summed E-state index contributed by atoms with van der Waals surface area (Å²) in [5.41, 5.74) is 10.5. The third kappa shape index (κ3) is 2.00. The number of nitrogens with two attached hydrogens (primary N) is 2. The molecule has 0 atom stereocenters. The van der Waals surface area contributed by atoms with E-state index < -0.39 is 5.97 Å². The molecule has 1 rings (SSSR count). The summed E-state index contributed by atoms with van der Waals surface area (Å²) in [6, 6.07) is 2.71. The largest absolute Gasteiger partial charge is 0.478 e. The normalized spacial score (nSPS) is 8.67. The number of aromatic carboxylic acids is 1. The third-order valence-electron chi connectivity index (χ3n) is 1.18. The highest BCUT2D eigenvalue weighted by molar-refractivity contribution is 5.92. The van der Waals surface area contributed by atoms with E-state index in [9.17, 15) is 4.79 Å². The number of hydrogen-bond donors (Lipinski definition) is 3. The maximum atomic E-state index is 10.4. The van der Waals surface area contributed by atoms with E-state index >= 15 is 0 Å². The zero-order valence-electron chi connectivity index (χ0n) is 6.02. The van der Waals surface area contributed by atoms with Crippen molar-refractivity contribution in [1.29, 1.82) is 0 Å². The Bertz CT molecular complexity index is 303. The summed E-state index contributed by atoms with van der Waals surface area (Å²) in [6.07, 6.45) is 0. The molecule has 0 fully saturated rings. The van der Waals surface area contributed by atoms with Gasteiger partial charge in [0.1, 0.15) is 17.2 Å². The first kappa shape index (κ1) is 10.5. The number of halogens is 1. The monoisotopic (exact) mass is 189 g/mol. The molecule has 0 radical (unpaired) electrons. The highest BCUT2D eigenvalue weighted by atomic mass is 35.5. The number of carbonyl (C=O) groups is 1. The molecular formula is C6H8ClN3O2. The van der Waals surface area contributed by atoms with Crippen LogP contribution in [-0.4, -0.2) is 16.1 Å². The van der Waals surface area contributed by atoms with Crippen molar-refractivity contribution in [3.05, 3.63) is 17.7 Å². The van der Waals surface area contributed by atoms with Crippen LogP contribution in [0.2, 0.25) is 0 Å². The highest BCUT2D eigenvalue weighted by Gasteiger charge is 2.07. The predicted molar refractivity (Wildman–Crippen MR) is 47.3 cm³/mol. The molecule has 1 aromatic rings. The number of hydrogen-bond acceptors (Lipinski definition) is 4. The van der Waals surface area contributed by atoms with Crippen LogP contribution in [0.3, 0.4) is 0 Å². The van der Waals surface area contributed by atoms with Gasteiger partial charge in [0.25, 0.3) is 0 Å². The predicted octanol–water partition coefficient (Wildman–Crippen LogP) is 0.366. The Morgan fingerprint density at radius 2 is 2.00 bits per heavy atom. The zero-order chi connectivity index (χ0) is 8.43. The van der Waals surface area contributed by atoms with Gasteiger partial charge < -0.3 is 16.6 Å². The maximum Gasteiger partial charge on any atom is 0.339 e. The Balaban J connectivity index is 0.00000121. The van der Waals surface area contributed by atoms with Crippen LogP contribution >= 0.6 is 12.4 Å². The van der Waals surface area contributed by atoms with Gasteiger partial charge in [-0.25, -0.2) is 9.78 Å². The van der Waals surface area contributed by atoms with Gasteiger partial charge in [-0.1, -0.05) is 0 Å². The van der Waals surface area contributed by atoms with E-state index in [0.29, 0.717) is 0 Å². The fraction of sp³-hybridized carbons (Fsp3) is 0. The van der Waals surface area contributed by atoms with Crippen LogP contribution in [0.15, 0.2) is 12.1 Å². The van der Waals surface area contributed by atoms with Gasteiger partial charge >= 0.3 is 5.97 Å². The molecular weight excluding hydrogens is 182 g/mol. The van der Waals surface area contributed by atoms with Crippen molar-refractivity contribution in [2.45, 2.75) is 0 Å². The van der Waals surface area contributed by atoms with Crippen LogP contribution in [0, 0.1) is 0 Å². The first-order valence-electron chi connectivity index (χ1n) is 2.86. The molecule has 0 aliphatic rings. The Hall–Kier alpha value is -1.49. The minimum absolute atomic E-state index is 0. The van der Waals surface area contributed by atoms with E-state index in [1.54, 1.807) is 0 Å². The molecule has 0 unspecified atom stereocenters. The number of pyridine rings is 1. The molecule has 5 N–H and O–H groups in total. The Morgan fingerprint density at radius 3 is 2.42 bits per heavy atom. The number of nitrogen functional groups attached to an aromatic ring is 2. The average molecular weight is 190 g/mol. The van der Waals surface area contributed by atoms with E-state index in [0.717, 1.165) is 0 Å². The van der Waals surface area contributed by atoms with E-state index in [-0.39, 0.29) is 29.6 Å². The fourth-order valence-electron chi connectivity index (χ4n) is 0.672. The van der Waals surface area contributed by atoms with Crippen molar-refractivity contribution < 1.29 is 9.90 Å². The van der Waals surface area contributed by atoms with Gasteiger partial charge in [0.2, 0.25) is 0 Å². The van der Waals surface area contributed by atoms with Crippen LogP contribution < -0.4 is 11.5 Å². The van der Waals surface area contributed by atoms with Crippen LogP contribution in [0.1, 0.15) is 10.4 Å². The quantitative estimate of drug-likeness (QED) is 0.592. The molecule has 0 bridgehead atoms. The number of aromatic nitrogens is 1. The number of nitrogens with zero attached hydrogens (tertiary/aromatic N) is 1. The summed E-state index contributed by atoms with van der Waals surface area (Å²) >= 11 is 0. The third-order valence-corrected chi connectivity index (χ3v) is 1.18. The van der Waals surface area contributed by atoms with Gasteiger partial charge in [-0.3, -0.25) is 0 Å². The first-order valence-corrected chi connectivity index (χ1v) is 2.86. The first-order chi connectivity index (χ1) is 5.11. The topological polar surface area (TPSA) is 102 Å². The fourth-order valence-corrected chi connectivity index (χ4v) is 0.672. The van der Waals surface area contributed by atoms with E-state index in [2.05, 4.69) is 4.98 Å². The second-order valence-corrected chi connectivity index (χ2v) is 1.97. The maximum absolute atomic E-state index is 10.4. The summed E-state index contributed by atoms with van der Waals surface area (Å²) in [7, 11) is 0. The molecule has 0 spiro atoms. The van der Waals surface area contributed by atoms with Gasteiger partial charge in [0.05, 0.1) is 0 Å². The molecule has 0 amide bonds. The van der Waals surface area contributed by atoms with Gasteiger partial charge in [-0.15, -0.1) is 12.4 Å². The molecule has 1 aromatic heterocycles. The molecule has 1 heterocycles. The smallest absolute Gasteiger partial charge is 0.339 e. The van der Waals surface area contributed by atoms with Crippen molar-refractivity contribution in [2.24, 2.45) is 0 Å². The second kappa shape index (κ2) is 3.77. The van der Waals surface area contributed by atoms with Crippen molar-refractivity contribution in [2.75, 3.05) is 11.5 Å². The van der Waals surface area contributed by atoms with Crippen LogP contribution in [0.25, 0.3) is 0 Å². The Labute approximate surface area is 74.8 Å². The average Bonchev–Trinajstić information content (AvgIpc) is 1.85. The van der Waals surface area contributed by atoms with Crippen LogP contribution in [0.5, 0.6) is 0 Å². The molecule has 66 valence electrons. The number of rotatable bonds is 1. The van der Waals surface area contributed by atoms with Crippen LogP contribution in [-0.2, 0) is 0 Å². The van der Waals surface area contributed by atoms with Crippen molar-refractivity contribution in [1.82, 2.24) is 4.98 Å². The molecule has 0 aliphatic heterocycles. The number of carboxylic acids is 1. The van der Waals surface area contributed by atoms with E-state index in [1.165, 1.54) is 12.1 Å². The van der Waals surface area contributed by atoms with Gasteiger partial charge in [-0.05, 0) is 12.1 Å². The number of carboxylic acid groups (broad SMARTS) is 1. The standard InChI is InChI=1S/C6H7N3O2.ClH/c7-4-2-1-3(6(10)11)5(8)9-4;/h1-2H,(H,10,11)(H4,7,8,9);1H. The molecule has 0 aromatic carbocycles. The summed E-state index contributed by atoms with van der Waals surface area (Å²) in [4.78, 5) is 13.9. The van der Waals surface area contributed by atoms with Crippen molar-refractivity contribution in [3.63, 3.8) is 0 Å². The second-order valence-electron chi connectivity index (χ2n) is 1.97. The molecule has 0 saturated heterocycles. The van der Waals surface area contributed by atoms with Gasteiger partial charge in [0, 0.05) is 0 Å². The summed E-state index contributed by atoms with van der Waals surface area (Å²) in [6.45, 7) is 0. The van der Waals surface area contributed by atoms with Crippen molar-refractivity contribution in [3.8, 4) is 0 Å². The lowest BCUT2D eigenvalue weighted by atomic mass is 10.2. The lowest BCUT2D eigenvalue weighted by Crippen LogP contribution is -2.05. The summed E-state index contributed by atoms with van der Waals surface area (Å²) < 4.78 is 0. The van der Waals surface area contributed by atoms with E-state index in [4.69, 9.17) is 16.6 Å². The number of anilines is 2. The molecule has 0 aliphatic carbocycles. The minimum atomic E-state index is -1.10. The van der Waals surface area contributed by atoms with Crippen LogP contribution in [0.4, 0.5) is 11.6 Å². The summed E-state index contributed by atoms with van der Waals surface area (Å²) in [5.74, 6) is -0.944. The highest BCUT2D eigenvalue weighted by Crippen LogP contribution is 2.09. The molecule has 12 heavy (non-hydrogen) atoms.